The Morgan fingerprint density at radius 1 is 1.32 bits per heavy atom. The minimum atomic E-state index is -0.950. The maximum Gasteiger partial charge on any atom is 0.308 e. The van der Waals surface area contributed by atoms with E-state index in [0.717, 1.165) is 0 Å². The van der Waals surface area contributed by atoms with Crippen molar-refractivity contribution in [3.05, 3.63) is 28.2 Å². The van der Waals surface area contributed by atoms with E-state index in [4.69, 9.17) is 28.3 Å². The Kier molecular flexibility index (Phi) is 5.63. The van der Waals surface area contributed by atoms with E-state index in [1.54, 1.807) is 32.0 Å². The average Bonchev–Trinajstić information content (AvgIpc) is 2.38. The van der Waals surface area contributed by atoms with Gasteiger partial charge in [0.2, 0.25) is 5.91 Å². The summed E-state index contributed by atoms with van der Waals surface area (Å²) < 4.78 is 0. The fraction of sp³-hybridized carbons (Fsp3) is 0.385. The van der Waals surface area contributed by atoms with Gasteiger partial charge in [0.05, 0.1) is 16.0 Å². The van der Waals surface area contributed by atoms with E-state index >= 15 is 0 Å². The molecule has 4 nitrogen and oxygen atoms in total. The van der Waals surface area contributed by atoms with E-state index in [-0.39, 0.29) is 18.9 Å². The number of carbonyl (C=O) groups excluding carboxylic acids is 1. The van der Waals surface area contributed by atoms with Crippen LogP contribution in [0.4, 0.5) is 5.69 Å². The number of hydrogen-bond acceptors (Lipinski definition) is 2. The van der Waals surface area contributed by atoms with Crippen molar-refractivity contribution in [2.45, 2.75) is 20.3 Å². The van der Waals surface area contributed by atoms with Crippen LogP contribution in [0.25, 0.3) is 0 Å². The molecule has 0 aliphatic heterocycles. The molecule has 1 atom stereocenters. The van der Waals surface area contributed by atoms with Gasteiger partial charge in [-0.2, -0.15) is 0 Å². The molecule has 0 aromatic heterocycles. The number of amides is 1. The van der Waals surface area contributed by atoms with Crippen molar-refractivity contribution in [1.82, 2.24) is 0 Å². The second-order valence-corrected chi connectivity index (χ2v) is 5.01. The molecule has 104 valence electrons. The van der Waals surface area contributed by atoms with Crippen molar-refractivity contribution >= 4 is 40.8 Å². The molecule has 6 heteroatoms. The monoisotopic (exact) mass is 303 g/mol. The zero-order valence-electron chi connectivity index (χ0n) is 10.7. The van der Waals surface area contributed by atoms with Gasteiger partial charge in [-0.15, -0.1) is 0 Å². The molecule has 19 heavy (non-hydrogen) atoms. The largest absolute Gasteiger partial charge is 0.481 e. The number of hydrogen-bond donors (Lipinski definition) is 1. The first-order chi connectivity index (χ1) is 8.86. The lowest BCUT2D eigenvalue weighted by Crippen LogP contribution is -2.36. The molecule has 0 saturated heterocycles. The quantitative estimate of drug-likeness (QED) is 0.906. The number of rotatable bonds is 5. The summed E-state index contributed by atoms with van der Waals surface area (Å²) in [7, 11) is 0. The van der Waals surface area contributed by atoms with Gasteiger partial charge in [0.1, 0.15) is 0 Å². The number of halogens is 2. The van der Waals surface area contributed by atoms with Gasteiger partial charge in [-0.3, -0.25) is 9.59 Å². The molecule has 0 aliphatic rings. The van der Waals surface area contributed by atoms with Crippen LogP contribution in [0.15, 0.2) is 18.2 Å². The first kappa shape index (κ1) is 15.8. The highest BCUT2D eigenvalue weighted by Crippen LogP contribution is 2.28. The summed E-state index contributed by atoms with van der Waals surface area (Å²) in [6, 6.07) is 4.79. The summed E-state index contributed by atoms with van der Waals surface area (Å²) >= 11 is 11.7. The van der Waals surface area contributed by atoms with Gasteiger partial charge >= 0.3 is 5.97 Å². The van der Waals surface area contributed by atoms with E-state index < -0.39 is 11.9 Å². The molecule has 1 N–H and O–H groups in total. The predicted octanol–water partition coefficient (Wildman–Crippen LogP) is 3.46. The van der Waals surface area contributed by atoms with Crippen LogP contribution in [0.2, 0.25) is 10.0 Å². The Hall–Kier alpha value is -1.26. The van der Waals surface area contributed by atoms with Gasteiger partial charge in [-0.05, 0) is 18.2 Å². The van der Waals surface area contributed by atoms with Crippen molar-refractivity contribution in [3.63, 3.8) is 0 Å². The van der Waals surface area contributed by atoms with Gasteiger partial charge in [0.15, 0.2) is 0 Å². The summed E-state index contributed by atoms with van der Waals surface area (Å²) in [5.74, 6) is -1.77. The summed E-state index contributed by atoms with van der Waals surface area (Å²) in [5.41, 5.74) is 0.550. The van der Waals surface area contributed by atoms with Gasteiger partial charge in [0.25, 0.3) is 0 Å². The van der Waals surface area contributed by atoms with Crippen LogP contribution in [-0.2, 0) is 9.59 Å². The smallest absolute Gasteiger partial charge is 0.308 e. The fourth-order valence-corrected chi connectivity index (χ4v) is 1.84. The first-order valence-electron chi connectivity index (χ1n) is 5.85. The minimum Gasteiger partial charge on any atom is -0.481 e. The molecule has 1 rings (SSSR count). The minimum absolute atomic E-state index is 0.0972. The number of carbonyl (C=O) groups is 2. The molecule has 0 aliphatic carbocycles. The molecule has 1 aromatic carbocycles. The van der Waals surface area contributed by atoms with Crippen molar-refractivity contribution in [1.29, 1.82) is 0 Å². The number of nitrogens with zero attached hydrogens (tertiary/aromatic N) is 1. The van der Waals surface area contributed by atoms with E-state index in [9.17, 15) is 9.59 Å². The highest BCUT2D eigenvalue weighted by atomic mass is 35.5. The van der Waals surface area contributed by atoms with Gasteiger partial charge in [-0.25, -0.2) is 0 Å². The van der Waals surface area contributed by atoms with E-state index in [1.807, 2.05) is 0 Å². The predicted molar refractivity (Wildman–Crippen MR) is 75.9 cm³/mol. The van der Waals surface area contributed by atoms with Crippen molar-refractivity contribution in [2.24, 2.45) is 5.92 Å². The third-order valence-corrected chi connectivity index (χ3v) is 3.44. The molecule has 0 saturated carbocycles. The zero-order chi connectivity index (χ0) is 14.6. The first-order valence-corrected chi connectivity index (χ1v) is 6.60. The summed E-state index contributed by atoms with van der Waals surface area (Å²) in [5, 5.41) is 9.66. The van der Waals surface area contributed by atoms with Crippen molar-refractivity contribution in [3.8, 4) is 0 Å². The van der Waals surface area contributed by atoms with Crippen LogP contribution in [0, 0.1) is 5.92 Å². The third kappa shape index (κ3) is 4.11. The van der Waals surface area contributed by atoms with Crippen LogP contribution >= 0.6 is 23.2 Å². The molecule has 0 bridgehead atoms. The van der Waals surface area contributed by atoms with Gasteiger partial charge in [0, 0.05) is 18.7 Å². The average molecular weight is 304 g/mol. The molecule has 1 unspecified atom stereocenters. The zero-order valence-corrected chi connectivity index (χ0v) is 12.2. The Morgan fingerprint density at radius 3 is 2.42 bits per heavy atom. The number of aliphatic carboxylic acids is 1. The van der Waals surface area contributed by atoms with Crippen molar-refractivity contribution < 1.29 is 14.7 Å². The standard InChI is InChI=1S/C13H15Cl2NO3/c1-3-12(17)16(7-8(2)13(18)19)9-4-5-10(14)11(15)6-9/h4-6,8H,3,7H2,1-2H3,(H,18,19). The summed E-state index contributed by atoms with van der Waals surface area (Å²) in [6.45, 7) is 3.37. The second-order valence-electron chi connectivity index (χ2n) is 4.20. The van der Waals surface area contributed by atoms with Gasteiger partial charge in [-0.1, -0.05) is 37.0 Å². The summed E-state index contributed by atoms with van der Waals surface area (Å²) in [4.78, 5) is 24.3. The molecular formula is C13H15Cl2NO3. The van der Waals surface area contributed by atoms with Crippen LogP contribution in [-0.4, -0.2) is 23.5 Å². The SMILES string of the molecule is CCC(=O)N(CC(C)C(=O)O)c1ccc(Cl)c(Cl)c1. The number of carboxylic acids is 1. The number of carboxylic acid groups (broad SMARTS) is 1. The van der Waals surface area contributed by atoms with Gasteiger partial charge < -0.3 is 10.0 Å². The van der Waals surface area contributed by atoms with Crippen LogP contribution in [0.1, 0.15) is 20.3 Å². The molecule has 0 fully saturated rings. The Bertz CT molecular complexity index is 491. The molecule has 1 amide bonds. The van der Waals surface area contributed by atoms with E-state index in [0.29, 0.717) is 15.7 Å². The Balaban J connectivity index is 3.05. The number of anilines is 1. The Labute approximate surface area is 121 Å². The maximum atomic E-state index is 11.9. The molecule has 0 spiro atoms. The molecule has 1 aromatic rings. The molecule has 0 heterocycles. The fourth-order valence-electron chi connectivity index (χ4n) is 1.55. The third-order valence-electron chi connectivity index (χ3n) is 2.70. The normalized spacial score (nSPS) is 12.0. The molecular weight excluding hydrogens is 289 g/mol. The van der Waals surface area contributed by atoms with E-state index in [1.165, 1.54) is 4.90 Å². The lowest BCUT2D eigenvalue weighted by Gasteiger charge is -2.24. The Morgan fingerprint density at radius 2 is 1.95 bits per heavy atom. The second kappa shape index (κ2) is 6.78. The van der Waals surface area contributed by atoms with Crippen LogP contribution in [0.3, 0.4) is 0 Å². The topological polar surface area (TPSA) is 57.6 Å². The highest BCUT2D eigenvalue weighted by molar-refractivity contribution is 6.42. The lowest BCUT2D eigenvalue weighted by molar-refractivity contribution is -0.140. The highest BCUT2D eigenvalue weighted by Gasteiger charge is 2.21. The number of benzene rings is 1. The summed E-state index contributed by atoms with van der Waals surface area (Å²) in [6.07, 6.45) is 0.284. The molecule has 0 radical (unpaired) electrons. The van der Waals surface area contributed by atoms with E-state index in [2.05, 4.69) is 0 Å². The lowest BCUT2D eigenvalue weighted by atomic mass is 10.1. The van der Waals surface area contributed by atoms with Crippen LogP contribution < -0.4 is 4.90 Å². The van der Waals surface area contributed by atoms with Crippen LogP contribution in [0.5, 0.6) is 0 Å². The van der Waals surface area contributed by atoms with Crippen molar-refractivity contribution in [2.75, 3.05) is 11.4 Å². The maximum absolute atomic E-state index is 11.9.